The fraction of sp³-hybridized carbons (Fsp3) is 0.278. The highest BCUT2D eigenvalue weighted by Crippen LogP contribution is 2.52. The third-order valence-corrected chi connectivity index (χ3v) is 4.99. The van der Waals surface area contributed by atoms with Crippen molar-refractivity contribution in [1.29, 1.82) is 0 Å². The first-order valence-electron chi connectivity index (χ1n) is 7.61. The highest BCUT2D eigenvalue weighted by molar-refractivity contribution is 6.06. The molecule has 5 heteroatoms. The maximum atomic E-state index is 12.4. The molecule has 1 aliphatic heterocycles. The molecule has 4 unspecified atom stereocenters. The highest BCUT2D eigenvalue weighted by atomic mass is 16.7. The van der Waals surface area contributed by atoms with Crippen molar-refractivity contribution in [1.82, 2.24) is 5.06 Å². The maximum Gasteiger partial charge on any atom is 0.363 e. The van der Waals surface area contributed by atoms with Crippen LogP contribution in [0.3, 0.4) is 0 Å². The van der Waals surface area contributed by atoms with Crippen molar-refractivity contribution < 1.29 is 19.2 Å². The summed E-state index contributed by atoms with van der Waals surface area (Å²) < 4.78 is 0. The Hall–Kier alpha value is -2.69. The number of allylic oxidation sites excluding steroid dienone is 2. The number of amides is 2. The Balaban J connectivity index is 1.53. The van der Waals surface area contributed by atoms with E-state index in [0.29, 0.717) is 5.06 Å². The van der Waals surface area contributed by atoms with Gasteiger partial charge in [-0.25, -0.2) is 4.79 Å². The van der Waals surface area contributed by atoms with E-state index in [2.05, 4.69) is 6.58 Å². The van der Waals surface area contributed by atoms with E-state index in [1.165, 1.54) is 0 Å². The molecule has 5 nitrogen and oxygen atoms in total. The molecule has 23 heavy (non-hydrogen) atoms. The molecule has 1 heterocycles. The summed E-state index contributed by atoms with van der Waals surface area (Å²) in [6.45, 7) is 3.64. The second kappa shape index (κ2) is 4.91. The number of hydroxylamine groups is 2. The minimum Gasteiger partial charge on any atom is -0.325 e. The minimum absolute atomic E-state index is 0.0945. The fourth-order valence-corrected chi connectivity index (χ4v) is 3.86. The number of nitrogens with zero attached hydrogens (tertiary/aromatic N) is 1. The maximum absolute atomic E-state index is 12.4. The molecule has 0 spiro atoms. The van der Waals surface area contributed by atoms with E-state index < -0.39 is 17.8 Å². The number of benzene rings is 1. The Labute approximate surface area is 133 Å². The molecular formula is C18H15NO4. The predicted molar refractivity (Wildman–Crippen MR) is 81.5 cm³/mol. The molecular weight excluding hydrogens is 294 g/mol. The first-order chi connectivity index (χ1) is 11.1. The van der Waals surface area contributed by atoms with E-state index in [4.69, 9.17) is 4.84 Å². The van der Waals surface area contributed by atoms with Gasteiger partial charge in [-0.2, -0.15) is 0 Å². The van der Waals surface area contributed by atoms with Crippen LogP contribution in [0.5, 0.6) is 0 Å². The molecule has 2 aliphatic carbocycles. The van der Waals surface area contributed by atoms with Gasteiger partial charge in [-0.05, 0) is 36.0 Å². The Kier molecular flexibility index (Phi) is 2.98. The Morgan fingerprint density at radius 2 is 1.65 bits per heavy atom. The highest BCUT2D eigenvalue weighted by Gasteiger charge is 2.60. The van der Waals surface area contributed by atoms with Crippen molar-refractivity contribution in [3.05, 3.63) is 54.1 Å². The third kappa shape index (κ3) is 1.96. The van der Waals surface area contributed by atoms with Crippen LogP contribution < -0.4 is 0 Å². The number of imide groups is 1. The smallest absolute Gasteiger partial charge is 0.325 e. The molecule has 1 aromatic carbocycles. The van der Waals surface area contributed by atoms with Gasteiger partial charge in [-0.3, -0.25) is 9.59 Å². The first kappa shape index (κ1) is 13.9. The molecule has 0 aromatic heterocycles. The lowest BCUT2D eigenvalue weighted by molar-refractivity contribution is -0.175. The lowest BCUT2D eigenvalue weighted by Gasteiger charge is -2.15. The molecule has 1 aromatic rings. The van der Waals surface area contributed by atoms with Crippen LogP contribution >= 0.6 is 0 Å². The molecule has 0 radical (unpaired) electrons. The van der Waals surface area contributed by atoms with Gasteiger partial charge in [0.15, 0.2) is 0 Å². The van der Waals surface area contributed by atoms with Gasteiger partial charge in [-0.1, -0.05) is 36.9 Å². The summed E-state index contributed by atoms with van der Waals surface area (Å²) in [6, 6.07) is 6.60. The zero-order valence-electron chi connectivity index (χ0n) is 12.3. The third-order valence-electron chi connectivity index (χ3n) is 4.99. The summed E-state index contributed by atoms with van der Waals surface area (Å²) in [4.78, 5) is 42.1. The van der Waals surface area contributed by atoms with Gasteiger partial charge < -0.3 is 4.84 Å². The number of fused-ring (bicyclic) bond motifs is 5. The lowest BCUT2D eigenvalue weighted by Crippen LogP contribution is -2.35. The summed E-state index contributed by atoms with van der Waals surface area (Å²) in [5, 5.41) is 0.672. The van der Waals surface area contributed by atoms with Gasteiger partial charge in [-0.15, -0.1) is 5.06 Å². The van der Waals surface area contributed by atoms with Gasteiger partial charge >= 0.3 is 5.97 Å². The van der Waals surface area contributed by atoms with Gasteiger partial charge in [0.2, 0.25) is 0 Å². The zero-order valence-corrected chi connectivity index (χ0v) is 12.3. The molecule has 0 N–H and O–H groups in total. The van der Waals surface area contributed by atoms with Crippen LogP contribution in [0, 0.1) is 23.7 Å². The average molecular weight is 309 g/mol. The largest absolute Gasteiger partial charge is 0.363 e. The van der Waals surface area contributed by atoms with E-state index >= 15 is 0 Å². The topological polar surface area (TPSA) is 63.7 Å². The lowest BCUT2D eigenvalue weighted by atomic mass is 9.85. The molecule has 2 amide bonds. The molecule has 2 fully saturated rings. The van der Waals surface area contributed by atoms with Gasteiger partial charge in [0.25, 0.3) is 11.8 Å². The first-order valence-corrected chi connectivity index (χ1v) is 7.61. The van der Waals surface area contributed by atoms with Gasteiger partial charge in [0.1, 0.15) is 0 Å². The summed E-state index contributed by atoms with van der Waals surface area (Å²) in [5.41, 5.74) is 1.15. The molecule has 3 aliphatic rings. The molecule has 1 saturated carbocycles. The minimum atomic E-state index is -0.706. The second-order valence-corrected chi connectivity index (χ2v) is 6.18. The zero-order chi connectivity index (χ0) is 16.1. The summed E-state index contributed by atoms with van der Waals surface area (Å²) in [5.74, 6) is -2.04. The monoisotopic (exact) mass is 309 g/mol. The van der Waals surface area contributed by atoms with Gasteiger partial charge in [0.05, 0.1) is 17.4 Å². The molecule has 4 rings (SSSR count). The van der Waals surface area contributed by atoms with Crippen LogP contribution in [0.25, 0.3) is 6.08 Å². The number of carbonyl (C=O) groups is 3. The summed E-state index contributed by atoms with van der Waals surface area (Å²) in [6.07, 6.45) is 6.50. The number of hydrogen-bond donors (Lipinski definition) is 0. The van der Waals surface area contributed by atoms with Crippen molar-refractivity contribution in [2.45, 2.75) is 6.42 Å². The van der Waals surface area contributed by atoms with Crippen molar-refractivity contribution in [2.75, 3.05) is 0 Å². The summed E-state index contributed by atoms with van der Waals surface area (Å²) >= 11 is 0. The summed E-state index contributed by atoms with van der Waals surface area (Å²) in [7, 11) is 0. The second-order valence-electron chi connectivity index (χ2n) is 6.18. The fourth-order valence-electron chi connectivity index (χ4n) is 3.86. The van der Waals surface area contributed by atoms with Crippen LogP contribution in [0.15, 0.2) is 43.0 Å². The van der Waals surface area contributed by atoms with Crippen molar-refractivity contribution >= 4 is 23.9 Å². The van der Waals surface area contributed by atoms with Crippen molar-refractivity contribution in [2.24, 2.45) is 23.7 Å². The SMILES string of the molecule is C=Cc1ccc(C(=O)ON2C(=O)C3C4C=CC(C4)C3C2=O)cc1. The van der Waals surface area contributed by atoms with E-state index in [1.807, 2.05) is 12.2 Å². The van der Waals surface area contributed by atoms with Gasteiger partial charge in [0, 0.05) is 0 Å². The van der Waals surface area contributed by atoms with E-state index in [-0.39, 0.29) is 29.2 Å². The van der Waals surface area contributed by atoms with Crippen molar-refractivity contribution in [3.63, 3.8) is 0 Å². The predicted octanol–water partition coefficient (Wildman–Crippen LogP) is 2.21. The normalized spacial score (nSPS) is 30.7. The molecule has 1 saturated heterocycles. The average Bonchev–Trinajstić information content (AvgIpc) is 3.24. The number of rotatable bonds is 3. The van der Waals surface area contributed by atoms with E-state index in [1.54, 1.807) is 30.3 Å². The number of hydrogen-bond acceptors (Lipinski definition) is 4. The Morgan fingerprint density at radius 1 is 1.09 bits per heavy atom. The van der Waals surface area contributed by atoms with Crippen LogP contribution in [0.4, 0.5) is 0 Å². The van der Waals surface area contributed by atoms with Crippen LogP contribution in [-0.4, -0.2) is 22.8 Å². The Bertz CT molecular complexity index is 719. The molecule has 2 bridgehead atoms. The molecule has 4 atom stereocenters. The molecule has 116 valence electrons. The van der Waals surface area contributed by atoms with Crippen LogP contribution in [0.1, 0.15) is 22.3 Å². The van der Waals surface area contributed by atoms with Crippen LogP contribution in [-0.2, 0) is 14.4 Å². The van der Waals surface area contributed by atoms with Crippen LogP contribution in [0.2, 0.25) is 0 Å². The van der Waals surface area contributed by atoms with E-state index in [9.17, 15) is 14.4 Å². The van der Waals surface area contributed by atoms with E-state index in [0.717, 1.165) is 12.0 Å². The standard InChI is InChI=1S/C18H15NO4/c1-2-10-3-5-11(6-4-10)18(22)23-19-16(20)14-12-7-8-13(9-12)15(14)17(19)21/h2-8,12-15H,1,9H2. The van der Waals surface area contributed by atoms with Crippen molar-refractivity contribution in [3.8, 4) is 0 Å². The quantitative estimate of drug-likeness (QED) is 0.634. The number of carbonyl (C=O) groups excluding carboxylic acids is 3. The Morgan fingerprint density at radius 3 is 2.17 bits per heavy atom.